The minimum Gasteiger partial charge on any atom is -0.368 e. The fourth-order valence-corrected chi connectivity index (χ4v) is 4.10. The molecule has 0 spiro atoms. The Morgan fingerprint density at radius 1 is 1.23 bits per heavy atom. The second-order valence-electron chi connectivity index (χ2n) is 8.07. The standard InChI is InChI=1S/C22H32F3N/c1-17-8-7-11-21(13-17)19(3)15-26(16-22(23,24)25)14-18(2)12-20-9-5-4-6-10-20/h7-8,11,13,15,18,20H,4-6,9-10,12,14,16H2,1-3H3/b19-15+. The summed E-state index contributed by atoms with van der Waals surface area (Å²) in [5, 5.41) is 0. The molecule has 1 saturated carbocycles. The monoisotopic (exact) mass is 367 g/mol. The highest BCUT2D eigenvalue weighted by Gasteiger charge is 2.30. The normalized spacial score (nSPS) is 18.0. The third-order valence-corrected chi connectivity index (χ3v) is 5.24. The van der Waals surface area contributed by atoms with Crippen LogP contribution in [0.15, 0.2) is 30.5 Å². The number of benzene rings is 1. The van der Waals surface area contributed by atoms with E-state index in [4.69, 9.17) is 0 Å². The molecule has 0 N–H and O–H groups in total. The number of hydrogen-bond acceptors (Lipinski definition) is 1. The van der Waals surface area contributed by atoms with Crippen molar-refractivity contribution in [1.29, 1.82) is 0 Å². The van der Waals surface area contributed by atoms with E-state index in [0.717, 1.165) is 23.1 Å². The molecule has 1 fully saturated rings. The van der Waals surface area contributed by atoms with Crippen LogP contribution in [0.3, 0.4) is 0 Å². The Labute approximate surface area is 156 Å². The minimum absolute atomic E-state index is 0.266. The molecule has 2 rings (SSSR count). The van der Waals surface area contributed by atoms with Crippen molar-refractivity contribution < 1.29 is 13.2 Å². The van der Waals surface area contributed by atoms with E-state index in [1.54, 1.807) is 6.20 Å². The van der Waals surface area contributed by atoms with Crippen LogP contribution in [0.2, 0.25) is 0 Å². The van der Waals surface area contributed by atoms with Gasteiger partial charge in [-0.2, -0.15) is 13.2 Å². The van der Waals surface area contributed by atoms with Gasteiger partial charge in [-0.1, -0.05) is 68.9 Å². The predicted octanol–water partition coefficient (Wildman–Crippen LogP) is 6.83. The van der Waals surface area contributed by atoms with E-state index in [-0.39, 0.29) is 5.92 Å². The van der Waals surface area contributed by atoms with Gasteiger partial charge in [-0.3, -0.25) is 0 Å². The second-order valence-corrected chi connectivity index (χ2v) is 8.07. The van der Waals surface area contributed by atoms with Crippen molar-refractivity contribution in [2.24, 2.45) is 11.8 Å². The zero-order chi connectivity index (χ0) is 19.2. The average Bonchev–Trinajstić information content (AvgIpc) is 2.54. The van der Waals surface area contributed by atoms with E-state index in [9.17, 15) is 13.2 Å². The summed E-state index contributed by atoms with van der Waals surface area (Å²) in [7, 11) is 0. The van der Waals surface area contributed by atoms with Crippen molar-refractivity contribution in [3.8, 4) is 0 Å². The van der Waals surface area contributed by atoms with E-state index < -0.39 is 12.7 Å². The molecule has 1 aliphatic carbocycles. The zero-order valence-electron chi connectivity index (χ0n) is 16.3. The minimum atomic E-state index is -4.19. The SMILES string of the molecule is C/C(=C\N(CC(C)CC1CCCCC1)CC(F)(F)F)c1cccc(C)c1. The first-order chi connectivity index (χ1) is 12.2. The second kappa shape index (κ2) is 9.48. The summed E-state index contributed by atoms with van der Waals surface area (Å²) in [6, 6.07) is 7.91. The summed E-state index contributed by atoms with van der Waals surface area (Å²) in [5.74, 6) is 0.954. The molecule has 1 aromatic rings. The van der Waals surface area contributed by atoms with Gasteiger partial charge in [-0.05, 0) is 43.2 Å². The van der Waals surface area contributed by atoms with Crippen LogP contribution in [0, 0.1) is 18.8 Å². The highest BCUT2D eigenvalue weighted by molar-refractivity contribution is 5.63. The van der Waals surface area contributed by atoms with Crippen LogP contribution in [-0.2, 0) is 0 Å². The van der Waals surface area contributed by atoms with Gasteiger partial charge in [0, 0.05) is 12.7 Å². The highest BCUT2D eigenvalue weighted by atomic mass is 19.4. The number of halogens is 3. The molecule has 0 aromatic heterocycles. The number of hydrogen-bond donors (Lipinski definition) is 0. The Morgan fingerprint density at radius 2 is 1.92 bits per heavy atom. The number of rotatable bonds is 7. The van der Waals surface area contributed by atoms with Gasteiger partial charge in [-0.15, -0.1) is 0 Å². The Bertz CT molecular complexity index is 585. The molecular weight excluding hydrogens is 335 g/mol. The number of nitrogens with zero attached hydrogens (tertiary/aromatic N) is 1. The molecule has 0 heterocycles. The number of aryl methyl sites for hydroxylation is 1. The predicted molar refractivity (Wildman–Crippen MR) is 103 cm³/mol. The van der Waals surface area contributed by atoms with Crippen LogP contribution in [-0.4, -0.2) is 24.2 Å². The van der Waals surface area contributed by atoms with Crippen LogP contribution in [0.4, 0.5) is 13.2 Å². The van der Waals surface area contributed by atoms with E-state index in [1.165, 1.54) is 37.0 Å². The zero-order valence-corrected chi connectivity index (χ0v) is 16.3. The van der Waals surface area contributed by atoms with Crippen LogP contribution in [0.1, 0.15) is 63.5 Å². The third kappa shape index (κ3) is 7.43. The summed E-state index contributed by atoms with van der Waals surface area (Å²) in [5.41, 5.74) is 2.98. The highest BCUT2D eigenvalue weighted by Crippen LogP contribution is 2.30. The molecule has 1 nitrogen and oxygen atoms in total. The van der Waals surface area contributed by atoms with Gasteiger partial charge in [0.25, 0.3) is 0 Å². The molecular formula is C22H32F3N. The molecule has 4 heteroatoms. The molecule has 0 aliphatic heterocycles. The summed E-state index contributed by atoms with van der Waals surface area (Å²) in [6.07, 6.45) is 4.87. The van der Waals surface area contributed by atoms with Gasteiger partial charge in [0.2, 0.25) is 0 Å². The molecule has 0 amide bonds. The summed E-state index contributed by atoms with van der Waals surface area (Å²) in [4.78, 5) is 1.46. The lowest BCUT2D eigenvalue weighted by Crippen LogP contribution is -2.34. The van der Waals surface area contributed by atoms with Gasteiger partial charge >= 0.3 is 6.18 Å². The van der Waals surface area contributed by atoms with Crippen molar-refractivity contribution >= 4 is 5.57 Å². The Morgan fingerprint density at radius 3 is 2.54 bits per heavy atom. The molecule has 0 radical (unpaired) electrons. The Balaban J connectivity index is 2.05. The van der Waals surface area contributed by atoms with Crippen LogP contribution >= 0.6 is 0 Å². The largest absolute Gasteiger partial charge is 0.405 e. The first-order valence-electron chi connectivity index (χ1n) is 9.79. The van der Waals surface area contributed by atoms with E-state index in [2.05, 4.69) is 6.92 Å². The molecule has 26 heavy (non-hydrogen) atoms. The Kier molecular flexibility index (Phi) is 7.60. The van der Waals surface area contributed by atoms with Crippen molar-refractivity contribution in [1.82, 2.24) is 4.90 Å². The fraction of sp³-hybridized carbons (Fsp3) is 0.636. The van der Waals surface area contributed by atoms with Crippen molar-refractivity contribution in [3.05, 3.63) is 41.6 Å². The summed E-state index contributed by atoms with van der Waals surface area (Å²) in [6.45, 7) is 5.55. The third-order valence-electron chi connectivity index (χ3n) is 5.24. The first kappa shape index (κ1) is 20.9. The van der Waals surface area contributed by atoms with E-state index in [1.807, 2.05) is 38.1 Å². The lowest BCUT2D eigenvalue weighted by atomic mass is 9.83. The quantitative estimate of drug-likeness (QED) is 0.511. The van der Waals surface area contributed by atoms with E-state index >= 15 is 0 Å². The molecule has 0 bridgehead atoms. The lowest BCUT2D eigenvalue weighted by Gasteiger charge is -2.29. The smallest absolute Gasteiger partial charge is 0.368 e. The van der Waals surface area contributed by atoms with Gasteiger partial charge in [0.15, 0.2) is 0 Å². The molecule has 1 atom stereocenters. The van der Waals surface area contributed by atoms with Crippen LogP contribution in [0.5, 0.6) is 0 Å². The van der Waals surface area contributed by atoms with Gasteiger partial charge in [0.05, 0.1) is 0 Å². The van der Waals surface area contributed by atoms with Crippen LogP contribution in [0.25, 0.3) is 5.57 Å². The maximum absolute atomic E-state index is 13.1. The lowest BCUT2D eigenvalue weighted by molar-refractivity contribution is -0.141. The van der Waals surface area contributed by atoms with E-state index in [0.29, 0.717) is 12.5 Å². The molecule has 146 valence electrons. The average molecular weight is 367 g/mol. The Hall–Kier alpha value is -1.45. The van der Waals surface area contributed by atoms with Gasteiger partial charge in [-0.25, -0.2) is 0 Å². The van der Waals surface area contributed by atoms with Crippen LogP contribution < -0.4 is 0 Å². The summed E-state index contributed by atoms with van der Waals surface area (Å²) < 4.78 is 39.2. The molecule has 1 aromatic carbocycles. The fourth-order valence-electron chi connectivity index (χ4n) is 4.10. The number of allylic oxidation sites excluding steroid dienone is 1. The summed E-state index contributed by atoms with van der Waals surface area (Å²) >= 11 is 0. The first-order valence-corrected chi connectivity index (χ1v) is 9.79. The van der Waals surface area contributed by atoms with Crippen molar-refractivity contribution in [2.75, 3.05) is 13.1 Å². The van der Waals surface area contributed by atoms with Crippen molar-refractivity contribution in [3.63, 3.8) is 0 Å². The topological polar surface area (TPSA) is 3.24 Å². The van der Waals surface area contributed by atoms with Gasteiger partial charge < -0.3 is 4.90 Å². The van der Waals surface area contributed by atoms with Gasteiger partial charge in [0.1, 0.15) is 6.54 Å². The molecule has 1 aliphatic rings. The van der Waals surface area contributed by atoms with Crippen molar-refractivity contribution in [2.45, 2.75) is 65.5 Å². The number of alkyl halides is 3. The molecule has 1 unspecified atom stereocenters. The maximum Gasteiger partial charge on any atom is 0.405 e. The maximum atomic E-state index is 13.1. The molecule has 0 saturated heterocycles.